The van der Waals surface area contributed by atoms with E-state index in [0.717, 1.165) is 23.4 Å². The Morgan fingerprint density at radius 2 is 2.06 bits per heavy atom. The maximum atomic E-state index is 6.18. The van der Waals surface area contributed by atoms with Gasteiger partial charge in [-0.15, -0.1) is 0 Å². The largest absolute Gasteiger partial charge is 0.472 e. The predicted octanol–water partition coefficient (Wildman–Crippen LogP) is 3.96. The fraction of sp³-hybridized carbons (Fsp3) is 0.286. The highest BCUT2D eigenvalue weighted by atomic mass is 35.5. The van der Waals surface area contributed by atoms with Crippen molar-refractivity contribution in [1.82, 2.24) is 5.32 Å². The van der Waals surface area contributed by atoms with Gasteiger partial charge in [-0.1, -0.05) is 29.3 Å². The Kier molecular flexibility index (Phi) is 4.70. The molecule has 0 aliphatic heterocycles. The average Bonchev–Trinajstić information content (AvgIpc) is 2.84. The lowest BCUT2D eigenvalue weighted by atomic mass is 10.0. The first-order chi connectivity index (χ1) is 8.69. The number of benzene rings is 1. The second-order valence-corrected chi connectivity index (χ2v) is 5.10. The Morgan fingerprint density at radius 1 is 1.22 bits per heavy atom. The van der Waals surface area contributed by atoms with Crippen LogP contribution in [0.4, 0.5) is 0 Å². The normalized spacial score (nSPS) is 12.6. The summed E-state index contributed by atoms with van der Waals surface area (Å²) in [5.41, 5.74) is 2.28. The van der Waals surface area contributed by atoms with Gasteiger partial charge >= 0.3 is 0 Å². The maximum Gasteiger partial charge on any atom is 0.0935 e. The van der Waals surface area contributed by atoms with E-state index in [9.17, 15) is 0 Å². The number of halogens is 2. The molecule has 1 unspecified atom stereocenters. The minimum Gasteiger partial charge on any atom is -0.472 e. The summed E-state index contributed by atoms with van der Waals surface area (Å²) in [4.78, 5) is 0. The minimum atomic E-state index is 0.321. The van der Waals surface area contributed by atoms with Crippen molar-refractivity contribution in [3.63, 3.8) is 0 Å². The summed E-state index contributed by atoms with van der Waals surface area (Å²) in [7, 11) is 1.95. The van der Waals surface area contributed by atoms with Crippen molar-refractivity contribution in [1.29, 1.82) is 0 Å². The van der Waals surface area contributed by atoms with E-state index in [1.807, 2.05) is 25.2 Å². The van der Waals surface area contributed by atoms with Crippen LogP contribution in [0.25, 0.3) is 0 Å². The molecular weight excluding hydrogens is 269 g/mol. The molecule has 1 aromatic heterocycles. The molecule has 18 heavy (non-hydrogen) atoms. The zero-order chi connectivity index (χ0) is 13.0. The van der Waals surface area contributed by atoms with Crippen LogP contribution >= 0.6 is 23.2 Å². The van der Waals surface area contributed by atoms with E-state index in [2.05, 4.69) is 5.32 Å². The van der Waals surface area contributed by atoms with Gasteiger partial charge in [-0.25, -0.2) is 0 Å². The lowest BCUT2D eigenvalue weighted by Gasteiger charge is -2.16. The van der Waals surface area contributed by atoms with Crippen LogP contribution in [0.15, 0.2) is 41.2 Å². The van der Waals surface area contributed by atoms with Gasteiger partial charge in [-0.2, -0.15) is 0 Å². The van der Waals surface area contributed by atoms with Crippen LogP contribution in [0.1, 0.15) is 11.1 Å². The van der Waals surface area contributed by atoms with Crippen LogP contribution < -0.4 is 5.32 Å². The quantitative estimate of drug-likeness (QED) is 0.899. The van der Waals surface area contributed by atoms with Crippen LogP contribution in [-0.4, -0.2) is 13.1 Å². The van der Waals surface area contributed by atoms with Crippen LogP contribution in [0, 0.1) is 0 Å². The number of likely N-dealkylation sites (N-methyl/N-ethyl adjacent to an activating group) is 1. The molecule has 2 rings (SSSR count). The molecule has 0 saturated heterocycles. The molecule has 0 spiro atoms. The molecule has 1 atom stereocenters. The van der Waals surface area contributed by atoms with Gasteiger partial charge in [-0.05, 0) is 49.2 Å². The monoisotopic (exact) mass is 283 g/mol. The van der Waals surface area contributed by atoms with Gasteiger partial charge in [0, 0.05) is 16.1 Å². The Hall–Kier alpha value is -0.960. The van der Waals surface area contributed by atoms with Crippen molar-refractivity contribution >= 4 is 23.2 Å². The maximum absolute atomic E-state index is 6.18. The fourth-order valence-electron chi connectivity index (χ4n) is 1.92. The highest BCUT2D eigenvalue weighted by Gasteiger charge is 2.11. The van der Waals surface area contributed by atoms with Crippen molar-refractivity contribution in [2.75, 3.05) is 7.05 Å². The number of furan rings is 1. The molecule has 4 heteroatoms. The first-order valence-electron chi connectivity index (χ1n) is 5.81. The summed E-state index contributed by atoms with van der Waals surface area (Å²) >= 11 is 12.1. The average molecular weight is 284 g/mol. The zero-order valence-corrected chi connectivity index (χ0v) is 11.6. The van der Waals surface area contributed by atoms with Gasteiger partial charge in [-0.3, -0.25) is 0 Å². The smallest absolute Gasteiger partial charge is 0.0935 e. The first kappa shape index (κ1) is 13.5. The molecule has 2 nitrogen and oxygen atoms in total. The summed E-state index contributed by atoms with van der Waals surface area (Å²) in [5.74, 6) is 0. The predicted molar refractivity (Wildman–Crippen MR) is 75.4 cm³/mol. The number of hydrogen-bond donors (Lipinski definition) is 1. The van der Waals surface area contributed by atoms with Crippen LogP contribution in [-0.2, 0) is 12.8 Å². The second kappa shape index (κ2) is 6.28. The molecule has 2 aromatic rings. The summed E-state index contributed by atoms with van der Waals surface area (Å²) in [6.45, 7) is 0. The molecular formula is C14H15Cl2NO. The second-order valence-electron chi connectivity index (χ2n) is 4.26. The molecule has 0 bridgehead atoms. The van der Waals surface area contributed by atoms with Gasteiger partial charge in [0.2, 0.25) is 0 Å². The lowest BCUT2D eigenvalue weighted by molar-refractivity contribution is 0.538. The zero-order valence-electron chi connectivity index (χ0n) is 10.1. The van der Waals surface area contributed by atoms with E-state index >= 15 is 0 Å². The minimum absolute atomic E-state index is 0.321. The van der Waals surface area contributed by atoms with Crippen LogP contribution in [0.5, 0.6) is 0 Å². The summed E-state index contributed by atoms with van der Waals surface area (Å²) < 4.78 is 5.08. The van der Waals surface area contributed by atoms with Gasteiger partial charge in [0.1, 0.15) is 0 Å². The van der Waals surface area contributed by atoms with Gasteiger partial charge < -0.3 is 9.73 Å². The molecule has 1 N–H and O–H groups in total. The Bertz CT molecular complexity index is 497. The van der Waals surface area contributed by atoms with Crippen LogP contribution in [0.2, 0.25) is 10.0 Å². The molecule has 0 radical (unpaired) electrons. The Balaban J connectivity index is 2.05. The van der Waals surface area contributed by atoms with Crippen molar-refractivity contribution in [2.45, 2.75) is 18.9 Å². The summed E-state index contributed by atoms with van der Waals surface area (Å²) in [6, 6.07) is 7.93. The number of hydrogen-bond acceptors (Lipinski definition) is 2. The van der Waals surface area contributed by atoms with Crippen molar-refractivity contribution in [3.8, 4) is 0 Å². The number of rotatable bonds is 5. The molecule has 0 amide bonds. The van der Waals surface area contributed by atoms with Crippen molar-refractivity contribution < 1.29 is 4.42 Å². The SMILES string of the molecule is CNC(Cc1ccoc1)Cc1ccc(Cl)cc1Cl. The van der Waals surface area contributed by atoms with Gasteiger partial charge in [0.25, 0.3) is 0 Å². The first-order valence-corrected chi connectivity index (χ1v) is 6.57. The van der Waals surface area contributed by atoms with Crippen molar-refractivity contribution in [2.24, 2.45) is 0 Å². The highest BCUT2D eigenvalue weighted by molar-refractivity contribution is 6.35. The van der Waals surface area contributed by atoms with E-state index in [4.69, 9.17) is 27.6 Å². The summed E-state index contributed by atoms with van der Waals surface area (Å²) in [6.07, 6.45) is 5.23. The van der Waals surface area contributed by atoms with E-state index in [-0.39, 0.29) is 0 Å². The molecule has 0 saturated carbocycles. The summed E-state index contributed by atoms with van der Waals surface area (Å²) in [5, 5.41) is 4.68. The van der Waals surface area contributed by atoms with E-state index < -0.39 is 0 Å². The lowest BCUT2D eigenvalue weighted by Crippen LogP contribution is -2.29. The number of nitrogens with one attached hydrogen (secondary N) is 1. The van der Waals surface area contributed by atoms with Gasteiger partial charge in [0.15, 0.2) is 0 Å². The molecule has 0 fully saturated rings. The molecule has 1 heterocycles. The Morgan fingerprint density at radius 3 is 2.67 bits per heavy atom. The van der Waals surface area contributed by atoms with E-state index in [1.165, 1.54) is 5.56 Å². The third-order valence-electron chi connectivity index (χ3n) is 2.95. The molecule has 96 valence electrons. The standard InChI is InChI=1S/C14H15Cl2NO/c1-17-13(6-10-4-5-18-9-10)7-11-2-3-12(15)8-14(11)16/h2-5,8-9,13,17H,6-7H2,1H3. The molecule has 0 aliphatic rings. The third kappa shape index (κ3) is 3.52. The Labute approximate surface area is 117 Å². The fourth-order valence-corrected chi connectivity index (χ4v) is 2.41. The topological polar surface area (TPSA) is 25.2 Å². The third-order valence-corrected chi connectivity index (χ3v) is 3.54. The van der Waals surface area contributed by atoms with Gasteiger partial charge in [0.05, 0.1) is 12.5 Å². The van der Waals surface area contributed by atoms with Crippen molar-refractivity contribution in [3.05, 3.63) is 58.0 Å². The van der Waals surface area contributed by atoms with E-state index in [1.54, 1.807) is 18.6 Å². The highest BCUT2D eigenvalue weighted by Crippen LogP contribution is 2.22. The molecule has 1 aromatic carbocycles. The molecule has 0 aliphatic carbocycles. The van der Waals surface area contributed by atoms with E-state index in [0.29, 0.717) is 11.1 Å². The van der Waals surface area contributed by atoms with Crippen LogP contribution in [0.3, 0.4) is 0 Å².